The monoisotopic (exact) mass is 212 g/mol. The molecule has 0 nitrogen and oxygen atoms in total. The second-order valence-corrected chi connectivity index (χ2v) is 5.67. The number of hydrogen-bond acceptors (Lipinski definition) is 0. The summed E-state index contributed by atoms with van der Waals surface area (Å²) in [7, 11) is 0. The van der Waals surface area contributed by atoms with Gasteiger partial charge in [-0.25, -0.2) is 0 Å². The van der Waals surface area contributed by atoms with E-state index in [4.69, 9.17) is 0 Å². The molecule has 0 rings (SSSR count). The Hall–Kier alpha value is 0. The van der Waals surface area contributed by atoms with Gasteiger partial charge < -0.3 is 0 Å². The van der Waals surface area contributed by atoms with Crippen molar-refractivity contribution in [2.24, 2.45) is 23.7 Å². The predicted octanol–water partition coefficient (Wildman–Crippen LogP) is 5.52. The molecule has 0 aromatic heterocycles. The summed E-state index contributed by atoms with van der Waals surface area (Å²) < 4.78 is 0. The van der Waals surface area contributed by atoms with Crippen LogP contribution in [0.2, 0.25) is 0 Å². The highest BCUT2D eigenvalue weighted by Crippen LogP contribution is 2.27. The van der Waals surface area contributed by atoms with Gasteiger partial charge in [0.25, 0.3) is 0 Å². The van der Waals surface area contributed by atoms with Gasteiger partial charge in [0.15, 0.2) is 0 Å². The van der Waals surface area contributed by atoms with Crippen LogP contribution < -0.4 is 0 Å². The molecule has 0 saturated heterocycles. The second-order valence-electron chi connectivity index (χ2n) is 5.67. The van der Waals surface area contributed by atoms with Gasteiger partial charge in [0.1, 0.15) is 0 Å². The lowest BCUT2D eigenvalue weighted by molar-refractivity contribution is 0.251. The number of hydrogen-bond donors (Lipinski definition) is 0. The average molecular weight is 212 g/mol. The second kappa shape index (κ2) is 8.19. The Kier molecular flexibility index (Phi) is 8.19. The highest BCUT2D eigenvalue weighted by molar-refractivity contribution is 4.67. The fourth-order valence-corrected chi connectivity index (χ4v) is 2.19. The van der Waals surface area contributed by atoms with Crippen LogP contribution in [0.15, 0.2) is 0 Å². The van der Waals surface area contributed by atoms with E-state index in [-0.39, 0.29) is 0 Å². The van der Waals surface area contributed by atoms with Crippen LogP contribution in [0.4, 0.5) is 0 Å². The van der Waals surface area contributed by atoms with Gasteiger partial charge in [-0.05, 0) is 23.7 Å². The molecule has 0 fully saturated rings. The minimum absolute atomic E-state index is 0.892. The van der Waals surface area contributed by atoms with Gasteiger partial charge >= 0.3 is 0 Å². The van der Waals surface area contributed by atoms with E-state index in [0.29, 0.717) is 0 Å². The lowest BCUT2D eigenvalue weighted by atomic mass is 9.81. The summed E-state index contributed by atoms with van der Waals surface area (Å²) >= 11 is 0. The molecule has 0 aliphatic heterocycles. The topological polar surface area (TPSA) is 0 Å². The summed E-state index contributed by atoms with van der Waals surface area (Å²) in [5.74, 6) is 3.62. The summed E-state index contributed by atoms with van der Waals surface area (Å²) in [4.78, 5) is 0. The van der Waals surface area contributed by atoms with Crippen LogP contribution in [-0.4, -0.2) is 0 Å². The molecule has 0 radical (unpaired) electrons. The van der Waals surface area contributed by atoms with E-state index in [1.807, 2.05) is 0 Å². The molecule has 15 heavy (non-hydrogen) atoms. The van der Waals surface area contributed by atoms with Crippen LogP contribution in [0.5, 0.6) is 0 Å². The Bertz CT molecular complexity index is 139. The molecule has 92 valence electrons. The van der Waals surface area contributed by atoms with Crippen molar-refractivity contribution in [1.29, 1.82) is 0 Å². The first-order chi connectivity index (χ1) is 7.02. The highest BCUT2D eigenvalue weighted by atomic mass is 14.2. The lowest BCUT2D eigenvalue weighted by Gasteiger charge is -2.25. The van der Waals surface area contributed by atoms with Crippen molar-refractivity contribution in [3.63, 3.8) is 0 Å². The predicted molar refractivity (Wildman–Crippen MR) is 71.1 cm³/mol. The molecule has 4 atom stereocenters. The Balaban J connectivity index is 3.68. The normalized spacial score (nSPS) is 19.6. The molecule has 4 unspecified atom stereocenters. The van der Waals surface area contributed by atoms with Gasteiger partial charge in [-0.15, -0.1) is 0 Å². The van der Waals surface area contributed by atoms with Crippen molar-refractivity contribution >= 4 is 0 Å². The quantitative estimate of drug-likeness (QED) is 0.497. The van der Waals surface area contributed by atoms with E-state index in [1.54, 1.807) is 0 Å². The largest absolute Gasteiger partial charge is 0.0651 e. The molecular formula is C15H32. The van der Waals surface area contributed by atoms with Gasteiger partial charge in [0, 0.05) is 0 Å². The van der Waals surface area contributed by atoms with Crippen molar-refractivity contribution < 1.29 is 0 Å². The van der Waals surface area contributed by atoms with E-state index in [9.17, 15) is 0 Å². The summed E-state index contributed by atoms with van der Waals surface area (Å²) in [6.45, 7) is 14.3. The van der Waals surface area contributed by atoms with E-state index >= 15 is 0 Å². The third-order valence-corrected chi connectivity index (χ3v) is 4.49. The summed E-state index contributed by atoms with van der Waals surface area (Å²) in [5, 5.41) is 0. The average Bonchev–Trinajstić information content (AvgIpc) is 2.26. The molecule has 0 saturated carbocycles. The number of rotatable bonds is 8. The van der Waals surface area contributed by atoms with Crippen LogP contribution in [0.1, 0.15) is 73.6 Å². The van der Waals surface area contributed by atoms with Crippen molar-refractivity contribution in [3.8, 4) is 0 Å². The van der Waals surface area contributed by atoms with Gasteiger partial charge in [-0.1, -0.05) is 73.6 Å². The Morgan fingerprint density at radius 2 is 1.33 bits per heavy atom. The molecule has 0 aliphatic carbocycles. The molecule has 0 aromatic carbocycles. The highest BCUT2D eigenvalue weighted by Gasteiger charge is 2.17. The Labute approximate surface area is 97.8 Å². The third kappa shape index (κ3) is 6.22. The summed E-state index contributed by atoms with van der Waals surface area (Å²) in [5.41, 5.74) is 0. The SMILES string of the molecule is CCC(C)CCCC(C)C(C)C(C)CC. The van der Waals surface area contributed by atoms with Crippen LogP contribution >= 0.6 is 0 Å². The van der Waals surface area contributed by atoms with Gasteiger partial charge in [-0.3, -0.25) is 0 Å². The molecule has 0 bridgehead atoms. The van der Waals surface area contributed by atoms with Crippen LogP contribution in [-0.2, 0) is 0 Å². The van der Waals surface area contributed by atoms with Gasteiger partial charge in [-0.2, -0.15) is 0 Å². The van der Waals surface area contributed by atoms with Crippen molar-refractivity contribution in [1.82, 2.24) is 0 Å². The van der Waals surface area contributed by atoms with Gasteiger partial charge in [0.2, 0.25) is 0 Å². The minimum Gasteiger partial charge on any atom is -0.0651 e. The molecular weight excluding hydrogens is 180 g/mol. The maximum Gasteiger partial charge on any atom is -0.0391 e. The minimum atomic E-state index is 0.892. The summed E-state index contributed by atoms with van der Waals surface area (Å²) in [6, 6.07) is 0. The molecule has 0 heteroatoms. The fourth-order valence-electron chi connectivity index (χ4n) is 2.19. The van der Waals surface area contributed by atoms with E-state index in [1.165, 1.54) is 32.1 Å². The van der Waals surface area contributed by atoms with Gasteiger partial charge in [0.05, 0.1) is 0 Å². The maximum absolute atomic E-state index is 2.44. The molecule has 0 aliphatic rings. The van der Waals surface area contributed by atoms with E-state index in [0.717, 1.165) is 23.7 Å². The first kappa shape index (κ1) is 15.0. The zero-order chi connectivity index (χ0) is 11.8. The zero-order valence-electron chi connectivity index (χ0n) is 11.8. The molecule has 0 N–H and O–H groups in total. The Morgan fingerprint density at radius 3 is 1.80 bits per heavy atom. The standard InChI is InChI=1S/C15H32/c1-7-12(3)10-9-11-14(5)15(6)13(4)8-2/h12-15H,7-11H2,1-6H3. The maximum atomic E-state index is 2.44. The molecule has 0 amide bonds. The Morgan fingerprint density at radius 1 is 0.733 bits per heavy atom. The van der Waals surface area contributed by atoms with Crippen LogP contribution in [0, 0.1) is 23.7 Å². The molecule has 0 heterocycles. The lowest BCUT2D eigenvalue weighted by Crippen LogP contribution is -2.16. The molecule has 0 spiro atoms. The van der Waals surface area contributed by atoms with Crippen molar-refractivity contribution in [3.05, 3.63) is 0 Å². The van der Waals surface area contributed by atoms with E-state index < -0.39 is 0 Å². The van der Waals surface area contributed by atoms with Crippen molar-refractivity contribution in [2.45, 2.75) is 73.6 Å². The van der Waals surface area contributed by atoms with Crippen molar-refractivity contribution in [2.75, 3.05) is 0 Å². The van der Waals surface area contributed by atoms with Crippen LogP contribution in [0.3, 0.4) is 0 Å². The first-order valence-electron chi connectivity index (χ1n) is 7.02. The molecule has 0 aromatic rings. The smallest absolute Gasteiger partial charge is 0.0391 e. The van der Waals surface area contributed by atoms with Crippen LogP contribution in [0.25, 0.3) is 0 Å². The van der Waals surface area contributed by atoms with E-state index in [2.05, 4.69) is 41.5 Å². The summed E-state index contributed by atoms with van der Waals surface area (Å²) in [6.07, 6.45) is 6.95. The fraction of sp³-hybridized carbons (Fsp3) is 1.00. The zero-order valence-corrected chi connectivity index (χ0v) is 11.8. The first-order valence-corrected chi connectivity index (χ1v) is 7.02. The third-order valence-electron chi connectivity index (χ3n) is 4.49.